The molecule has 1 heterocycles. The molecule has 5 nitrogen and oxygen atoms in total. The second-order valence-corrected chi connectivity index (χ2v) is 6.42. The quantitative estimate of drug-likeness (QED) is 0.871. The van der Waals surface area contributed by atoms with Gasteiger partial charge in [-0.15, -0.1) is 0 Å². The molecule has 0 aliphatic carbocycles. The fourth-order valence-electron chi connectivity index (χ4n) is 2.89. The van der Waals surface area contributed by atoms with Gasteiger partial charge in [0.25, 0.3) is 0 Å². The highest BCUT2D eigenvalue weighted by Gasteiger charge is 2.34. The minimum Gasteiger partial charge on any atom is -0.483 e. The van der Waals surface area contributed by atoms with Gasteiger partial charge in [0, 0.05) is 0 Å². The lowest BCUT2D eigenvalue weighted by Gasteiger charge is -2.29. The highest BCUT2D eigenvalue weighted by Crippen LogP contribution is 2.21. The number of aliphatic hydroxyl groups is 1. The van der Waals surface area contributed by atoms with Gasteiger partial charge in [-0.2, -0.15) is 0 Å². The van der Waals surface area contributed by atoms with Gasteiger partial charge in [0.1, 0.15) is 6.04 Å². The average Bonchev–Trinajstić information content (AvgIpc) is 2.61. The van der Waals surface area contributed by atoms with Crippen molar-refractivity contribution in [2.75, 3.05) is 14.2 Å². The van der Waals surface area contributed by atoms with Crippen LogP contribution in [0.5, 0.6) is 0 Å². The van der Waals surface area contributed by atoms with E-state index in [-0.39, 0.29) is 12.0 Å². The van der Waals surface area contributed by atoms with Gasteiger partial charge in [-0.1, -0.05) is 44.2 Å². The third kappa shape index (κ3) is 4.57. The number of benzene rings is 1. The number of aliphatic hydroxyl groups excluding tert-OH is 1. The Morgan fingerprint density at radius 3 is 2.17 bits per heavy atom. The van der Waals surface area contributed by atoms with Crippen molar-refractivity contribution in [3.05, 3.63) is 35.9 Å². The van der Waals surface area contributed by atoms with Gasteiger partial charge in [0.2, 0.25) is 11.8 Å². The van der Waals surface area contributed by atoms with Gasteiger partial charge in [-0.25, -0.2) is 9.98 Å². The molecule has 1 aromatic rings. The van der Waals surface area contributed by atoms with Crippen LogP contribution >= 0.6 is 0 Å². The van der Waals surface area contributed by atoms with Crippen molar-refractivity contribution < 1.29 is 14.6 Å². The lowest BCUT2D eigenvalue weighted by Crippen LogP contribution is -2.42. The van der Waals surface area contributed by atoms with Crippen molar-refractivity contribution in [3.63, 3.8) is 0 Å². The Morgan fingerprint density at radius 1 is 1.00 bits per heavy atom. The van der Waals surface area contributed by atoms with E-state index < -0.39 is 12.1 Å². The number of aliphatic imine (C=N–C) groups is 2. The normalized spacial score (nSPS) is 21.9. The molecular formula is C19H28N2O3. The van der Waals surface area contributed by atoms with Crippen LogP contribution in [-0.4, -0.2) is 49.3 Å². The van der Waals surface area contributed by atoms with Gasteiger partial charge in [0.15, 0.2) is 6.04 Å². The summed E-state index contributed by atoms with van der Waals surface area (Å²) in [6.07, 6.45) is 1.81. The molecule has 5 heteroatoms. The summed E-state index contributed by atoms with van der Waals surface area (Å²) in [6, 6.07) is 9.63. The zero-order valence-corrected chi connectivity index (χ0v) is 15.0. The van der Waals surface area contributed by atoms with Crippen molar-refractivity contribution in [2.45, 2.75) is 51.3 Å². The summed E-state index contributed by atoms with van der Waals surface area (Å²) in [6.45, 7) is 4.12. The minimum atomic E-state index is -0.634. The van der Waals surface area contributed by atoms with Crippen LogP contribution in [0.3, 0.4) is 0 Å². The van der Waals surface area contributed by atoms with Crippen LogP contribution in [0.25, 0.3) is 0 Å². The molecule has 3 atom stereocenters. The number of hydrogen-bond acceptors (Lipinski definition) is 5. The number of rotatable bonds is 6. The fraction of sp³-hybridized carbons (Fsp3) is 0.579. The standard InChI is InChI=1S/C19H28N2O3/c1-13(2)16-18(23-3)21-17(19(20-16)24-4)15(22)12-8-11-14-9-6-5-7-10-14/h5-7,9-10,13,15-17,22H,8,11-12H2,1-4H3/t15-,16+,17?/m0/s1. The molecule has 0 spiro atoms. The average molecular weight is 332 g/mol. The second-order valence-electron chi connectivity index (χ2n) is 6.42. The molecule has 1 N–H and O–H groups in total. The summed E-state index contributed by atoms with van der Waals surface area (Å²) in [4.78, 5) is 9.17. The maximum absolute atomic E-state index is 10.6. The molecule has 0 amide bonds. The van der Waals surface area contributed by atoms with E-state index in [4.69, 9.17) is 9.47 Å². The SMILES string of the molecule is COC1=N[C@H](C(C)C)C(OC)=NC1[C@@H](O)CCCc1ccccc1. The zero-order valence-electron chi connectivity index (χ0n) is 15.0. The van der Waals surface area contributed by atoms with Gasteiger partial charge >= 0.3 is 0 Å². The van der Waals surface area contributed by atoms with E-state index in [2.05, 4.69) is 36.0 Å². The summed E-state index contributed by atoms with van der Waals surface area (Å²) in [7, 11) is 3.17. The predicted octanol–water partition coefficient (Wildman–Crippen LogP) is 2.87. The zero-order chi connectivity index (χ0) is 17.5. The minimum absolute atomic E-state index is 0.155. The Bertz CT molecular complexity index is 569. The van der Waals surface area contributed by atoms with Crippen LogP contribution in [-0.2, 0) is 15.9 Å². The van der Waals surface area contributed by atoms with Crippen molar-refractivity contribution in [3.8, 4) is 0 Å². The number of aryl methyl sites for hydroxylation is 1. The Balaban J connectivity index is 2.00. The van der Waals surface area contributed by atoms with Gasteiger partial charge < -0.3 is 14.6 Å². The summed E-state index contributed by atoms with van der Waals surface area (Å²) in [5, 5.41) is 10.6. The van der Waals surface area contributed by atoms with E-state index in [0.717, 1.165) is 12.8 Å². The lowest BCUT2D eigenvalue weighted by atomic mass is 9.98. The van der Waals surface area contributed by atoms with Crippen molar-refractivity contribution in [1.29, 1.82) is 0 Å². The maximum Gasteiger partial charge on any atom is 0.212 e. The number of hydrogen-bond donors (Lipinski definition) is 1. The smallest absolute Gasteiger partial charge is 0.212 e. The fourth-order valence-corrected chi connectivity index (χ4v) is 2.89. The highest BCUT2D eigenvalue weighted by molar-refractivity contribution is 5.94. The van der Waals surface area contributed by atoms with E-state index in [1.807, 2.05) is 18.2 Å². The van der Waals surface area contributed by atoms with Crippen molar-refractivity contribution in [1.82, 2.24) is 0 Å². The first-order valence-electron chi connectivity index (χ1n) is 8.52. The number of ether oxygens (including phenoxy) is 2. The first-order chi connectivity index (χ1) is 11.6. The summed E-state index contributed by atoms with van der Waals surface area (Å²) < 4.78 is 10.8. The van der Waals surface area contributed by atoms with E-state index in [1.165, 1.54) is 5.56 Å². The summed E-state index contributed by atoms with van der Waals surface area (Å²) >= 11 is 0. The van der Waals surface area contributed by atoms with Crippen LogP contribution in [0.2, 0.25) is 0 Å². The highest BCUT2D eigenvalue weighted by atomic mass is 16.5. The van der Waals surface area contributed by atoms with Crippen molar-refractivity contribution >= 4 is 11.8 Å². The van der Waals surface area contributed by atoms with Gasteiger partial charge in [0.05, 0.1) is 20.3 Å². The molecule has 2 rings (SSSR count). The Hall–Kier alpha value is -1.88. The van der Waals surface area contributed by atoms with E-state index in [1.54, 1.807) is 14.2 Å². The molecule has 0 aromatic heterocycles. The first-order valence-corrected chi connectivity index (χ1v) is 8.52. The molecule has 0 bridgehead atoms. The molecular weight excluding hydrogens is 304 g/mol. The molecule has 132 valence electrons. The third-order valence-corrected chi connectivity index (χ3v) is 4.26. The van der Waals surface area contributed by atoms with E-state index in [0.29, 0.717) is 18.2 Å². The topological polar surface area (TPSA) is 63.4 Å². The number of methoxy groups -OCH3 is 2. The maximum atomic E-state index is 10.6. The van der Waals surface area contributed by atoms with Crippen LogP contribution < -0.4 is 0 Å². The number of nitrogens with zero attached hydrogens (tertiary/aromatic N) is 2. The third-order valence-electron chi connectivity index (χ3n) is 4.26. The lowest BCUT2D eigenvalue weighted by molar-refractivity contribution is 0.142. The molecule has 0 saturated heterocycles. The summed E-state index contributed by atoms with van der Waals surface area (Å²) in [5.41, 5.74) is 1.27. The Morgan fingerprint density at radius 2 is 1.58 bits per heavy atom. The first kappa shape index (κ1) is 18.5. The monoisotopic (exact) mass is 332 g/mol. The predicted molar refractivity (Wildman–Crippen MR) is 96.7 cm³/mol. The Kier molecular flexibility index (Phi) is 6.79. The van der Waals surface area contributed by atoms with Gasteiger partial charge in [-0.05, 0) is 30.7 Å². The van der Waals surface area contributed by atoms with Crippen LogP contribution in [0.1, 0.15) is 32.3 Å². The van der Waals surface area contributed by atoms with Gasteiger partial charge in [-0.3, -0.25) is 0 Å². The van der Waals surface area contributed by atoms with E-state index in [9.17, 15) is 5.11 Å². The molecule has 0 fully saturated rings. The Labute approximate surface area is 144 Å². The molecule has 1 aliphatic rings. The summed E-state index contributed by atoms with van der Waals surface area (Å²) in [5.74, 6) is 1.31. The van der Waals surface area contributed by atoms with Crippen molar-refractivity contribution in [2.24, 2.45) is 15.9 Å². The molecule has 0 radical (unpaired) electrons. The molecule has 1 aromatic carbocycles. The molecule has 1 unspecified atom stereocenters. The van der Waals surface area contributed by atoms with E-state index >= 15 is 0 Å². The molecule has 0 saturated carbocycles. The molecule has 24 heavy (non-hydrogen) atoms. The van der Waals surface area contributed by atoms with Crippen LogP contribution in [0, 0.1) is 5.92 Å². The van der Waals surface area contributed by atoms with Crippen LogP contribution in [0.4, 0.5) is 0 Å². The largest absolute Gasteiger partial charge is 0.483 e. The van der Waals surface area contributed by atoms with Crippen LogP contribution in [0.15, 0.2) is 40.3 Å². The second kappa shape index (κ2) is 8.83. The molecule has 1 aliphatic heterocycles.